The second-order valence-corrected chi connectivity index (χ2v) is 3.82. The van der Waals surface area contributed by atoms with Crippen LogP contribution < -0.4 is 0 Å². The van der Waals surface area contributed by atoms with E-state index in [2.05, 4.69) is 0 Å². The van der Waals surface area contributed by atoms with E-state index in [4.69, 9.17) is 9.47 Å². The number of hydrogen-bond acceptors (Lipinski definition) is 4. The Morgan fingerprint density at radius 2 is 1.23 bits per heavy atom. The normalized spacial score (nSPS) is 46.6. The molecule has 4 nitrogen and oxygen atoms in total. The molecule has 1 heterocycles. The van der Waals surface area contributed by atoms with Crippen LogP contribution in [0.2, 0.25) is 0 Å². The predicted octanol–water partition coefficient (Wildman–Crippen LogP) is 0.0237. The van der Waals surface area contributed by atoms with E-state index in [9.17, 15) is 10.2 Å². The van der Waals surface area contributed by atoms with Crippen LogP contribution in [0.25, 0.3) is 0 Å². The van der Waals surface area contributed by atoms with Crippen LogP contribution in [0.4, 0.5) is 0 Å². The van der Waals surface area contributed by atoms with Gasteiger partial charge in [0, 0.05) is 0 Å². The Morgan fingerprint density at radius 1 is 0.769 bits per heavy atom. The lowest BCUT2D eigenvalue weighted by atomic mass is 9.93. The molecular weight excluding hydrogens is 172 g/mol. The Balaban J connectivity index is 1.94. The van der Waals surface area contributed by atoms with E-state index in [1.165, 1.54) is 0 Å². The largest absolute Gasteiger partial charge is 0.390 e. The third-order valence-corrected chi connectivity index (χ3v) is 2.92. The summed E-state index contributed by atoms with van der Waals surface area (Å²) in [5, 5.41) is 18.9. The van der Waals surface area contributed by atoms with Gasteiger partial charge in [0.1, 0.15) is 6.79 Å². The topological polar surface area (TPSA) is 58.9 Å². The Labute approximate surface area is 77.5 Å². The second-order valence-electron chi connectivity index (χ2n) is 3.82. The fourth-order valence-electron chi connectivity index (χ4n) is 2.02. The summed E-state index contributed by atoms with van der Waals surface area (Å²) in [6.45, 7) is 0.363. The summed E-state index contributed by atoms with van der Waals surface area (Å²) in [4.78, 5) is 0. The first-order chi connectivity index (χ1) is 6.27. The minimum atomic E-state index is -0.592. The summed E-state index contributed by atoms with van der Waals surface area (Å²) in [5.74, 6) is 0. The number of aliphatic hydroxyl groups is 2. The summed E-state index contributed by atoms with van der Waals surface area (Å²) < 4.78 is 10.7. The maximum absolute atomic E-state index is 9.46. The standard InChI is InChI=1S/C9H16O4/c10-6-1-3-8-9(13-5-12-8)4-2-7(6)11/h6-11H,1-5H2/t6?,7?,8-,9+. The van der Waals surface area contributed by atoms with Crippen molar-refractivity contribution < 1.29 is 19.7 Å². The molecule has 1 aliphatic carbocycles. The minimum absolute atomic E-state index is 0.127. The Kier molecular flexibility index (Phi) is 2.83. The zero-order valence-corrected chi connectivity index (χ0v) is 7.56. The molecule has 13 heavy (non-hydrogen) atoms. The highest BCUT2D eigenvalue weighted by Gasteiger charge is 2.33. The van der Waals surface area contributed by atoms with Crippen LogP contribution in [0, 0.1) is 0 Å². The van der Waals surface area contributed by atoms with Crippen molar-refractivity contribution in [2.75, 3.05) is 6.79 Å². The van der Waals surface area contributed by atoms with Crippen molar-refractivity contribution in [3.8, 4) is 0 Å². The van der Waals surface area contributed by atoms with E-state index in [1.807, 2.05) is 0 Å². The van der Waals surface area contributed by atoms with E-state index < -0.39 is 12.2 Å². The van der Waals surface area contributed by atoms with Crippen molar-refractivity contribution in [1.82, 2.24) is 0 Å². The van der Waals surface area contributed by atoms with Gasteiger partial charge < -0.3 is 19.7 Å². The van der Waals surface area contributed by atoms with Gasteiger partial charge in [-0.15, -0.1) is 0 Å². The molecule has 1 aliphatic heterocycles. The first-order valence-electron chi connectivity index (χ1n) is 4.86. The lowest BCUT2D eigenvalue weighted by Crippen LogP contribution is -2.34. The summed E-state index contributed by atoms with van der Waals surface area (Å²) in [6, 6.07) is 0. The van der Waals surface area contributed by atoms with E-state index in [0.717, 1.165) is 12.8 Å². The van der Waals surface area contributed by atoms with Crippen LogP contribution in [0.3, 0.4) is 0 Å². The molecule has 2 rings (SSSR count). The van der Waals surface area contributed by atoms with Crippen molar-refractivity contribution in [2.24, 2.45) is 0 Å². The van der Waals surface area contributed by atoms with E-state index >= 15 is 0 Å². The fourth-order valence-corrected chi connectivity index (χ4v) is 2.02. The molecule has 4 atom stereocenters. The van der Waals surface area contributed by atoms with Gasteiger partial charge in [0.25, 0.3) is 0 Å². The molecule has 0 amide bonds. The number of hydrogen-bond donors (Lipinski definition) is 2. The van der Waals surface area contributed by atoms with Crippen LogP contribution in [0.15, 0.2) is 0 Å². The summed E-state index contributed by atoms with van der Waals surface area (Å²) in [6.07, 6.45) is 1.84. The lowest BCUT2D eigenvalue weighted by molar-refractivity contribution is -0.0182. The molecule has 2 aliphatic rings. The van der Waals surface area contributed by atoms with Crippen molar-refractivity contribution in [1.29, 1.82) is 0 Å². The van der Waals surface area contributed by atoms with Gasteiger partial charge in [0.05, 0.1) is 24.4 Å². The third-order valence-electron chi connectivity index (χ3n) is 2.92. The van der Waals surface area contributed by atoms with Crippen molar-refractivity contribution in [3.05, 3.63) is 0 Å². The molecule has 0 aromatic heterocycles. The summed E-state index contributed by atoms with van der Waals surface area (Å²) in [5.41, 5.74) is 0. The van der Waals surface area contributed by atoms with Crippen LogP contribution in [-0.2, 0) is 9.47 Å². The smallest absolute Gasteiger partial charge is 0.147 e. The molecule has 0 aromatic carbocycles. The lowest BCUT2D eigenvalue weighted by Gasteiger charge is -2.26. The molecule has 2 N–H and O–H groups in total. The van der Waals surface area contributed by atoms with Crippen LogP contribution in [0.1, 0.15) is 25.7 Å². The van der Waals surface area contributed by atoms with Gasteiger partial charge in [-0.3, -0.25) is 0 Å². The molecule has 0 spiro atoms. The molecule has 76 valence electrons. The average molecular weight is 188 g/mol. The predicted molar refractivity (Wildman–Crippen MR) is 45.1 cm³/mol. The Bertz CT molecular complexity index is 155. The quantitative estimate of drug-likeness (QED) is 0.563. The highest BCUT2D eigenvalue weighted by Crippen LogP contribution is 2.26. The van der Waals surface area contributed by atoms with E-state index in [1.54, 1.807) is 0 Å². The van der Waals surface area contributed by atoms with Gasteiger partial charge >= 0.3 is 0 Å². The Hall–Kier alpha value is -0.160. The molecule has 0 bridgehead atoms. The van der Waals surface area contributed by atoms with Crippen LogP contribution in [-0.4, -0.2) is 41.4 Å². The average Bonchev–Trinajstić information content (AvgIpc) is 2.55. The zero-order chi connectivity index (χ0) is 9.26. The van der Waals surface area contributed by atoms with E-state index in [-0.39, 0.29) is 12.2 Å². The molecular formula is C9H16O4. The molecule has 0 radical (unpaired) electrons. The molecule has 0 aromatic rings. The SMILES string of the molecule is OC1CC[C@@H]2OCO[C@@H]2CCC1O. The molecule has 1 saturated heterocycles. The maximum atomic E-state index is 9.46. The number of aliphatic hydroxyl groups excluding tert-OH is 2. The first-order valence-corrected chi connectivity index (χ1v) is 4.86. The number of fused-ring (bicyclic) bond motifs is 1. The fraction of sp³-hybridized carbons (Fsp3) is 1.00. The molecule has 2 unspecified atom stereocenters. The monoisotopic (exact) mass is 188 g/mol. The van der Waals surface area contributed by atoms with Gasteiger partial charge in [-0.25, -0.2) is 0 Å². The number of rotatable bonds is 0. The minimum Gasteiger partial charge on any atom is -0.390 e. The highest BCUT2D eigenvalue weighted by atomic mass is 16.7. The van der Waals surface area contributed by atoms with Crippen LogP contribution >= 0.6 is 0 Å². The van der Waals surface area contributed by atoms with Gasteiger partial charge in [0.15, 0.2) is 0 Å². The van der Waals surface area contributed by atoms with Gasteiger partial charge in [-0.2, -0.15) is 0 Å². The molecule has 2 fully saturated rings. The van der Waals surface area contributed by atoms with Crippen molar-refractivity contribution in [3.63, 3.8) is 0 Å². The van der Waals surface area contributed by atoms with E-state index in [0.29, 0.717) is 19.6 Å². The molecule has 4 heteroatoms. The summed E-state index contributed by atoms with van der Waals surface area (Å²) in [7, 11) is 0. The highest BCUT2D eigenvalue weighted by molar-refractivity contribution is 4.82. The first kappa shape index (κ1) is 9.40. The summed E-state index contributed by atoms with van der Waals surface area (Å²) >= 11 is 0. The zero-order valence-electron chi connectivity index (χ0n) is 7.56. The van der Waals surface area contributed by atoms with Crippen molar-refractivity contribution >= 4 is 0 Å². The van der Waals surface area contributed by atoms with Crippen molar-refractivity contribution in [2.45, 2.75) is 50.1 Å². The second kappa shape index (κ2) is 3.92. The van der Waals surface area contributed by atoms with Crippen LogP contribution in [0.5, 0.6) is 0 Å². The van der Waals surface area contributed by atoms with Gasteiger partial charge in [-0.05, 0) is 25.7 Å². The Morgan fingerprint density at radius 3 is 1.69 bits per heavy atom. The maximum Gasteiger partial charge on any atom is 0.147 e. The van der Waals surface area contributed by atoms with Gasteiger partial charge in [-0.1, -0.05) is 0 Å². The number of ether oxygens (including phenoxy) is 2. The van der Waals surface area contributed by atoms with Gasteiger partial charge in [0.2, 0.25) is 0 Å². The third kappa shape index (κ3) is 2.02. The molecule has 1 saturated carbocycles.